The minimum Gasteiger partial charge on any atom is -0.497 e. The van der Waals surface area contributed by atoms with Crippen LogP contribution in [0.4, 0.5) is 4.39 Å². The molecule has 0 aromatic heterocycles. The van der Waals surface area contributed by atoms with Gasteiger partial charge in [-0.2, -0.15) is 0 Å². The van der Waals surface area contributed by atoms with Gasteiger partial charge in [0.1, 0.15) is 11.6 Å². The fourth-order valence-electron chi connectivity index (χ4n) is 4.03. The zero-order valence-electron chi connectivity index (χ0n) is 16.1. The van der Waals surface area contributed by atoms with Crippen LogP contribution in [0.15, 0.2) is 42.5 Å². The number of hydrogen-bond donors (Lipinski definition) is 0. The van der Waals surface area contributed by atoms with Gasteiger partial charge in [-0.1, -0.05) is 68.6 Å². The van der Waals surface area contributed by atoms with E-state index >= 15 is 0 Å². The van der Waals surface area contributed by atoms with Crippen LogP contribution in [0, 0.1) is 5.82 Å². The summed E-state index contributed by atoms with van der Waals surface area (Å²) in [5, 5.41) is 0. The largest absolute Gasteiger partial charge is 0.497 e. The van der Waals surface area contributed by atoms with Crippen LogP contribution in [0.25, 0.3) is 11.1 Å². The van der Waals surface area contributed by atoms with Crippen molar-refractivity contribution in [1.82, 2.24) is 0 Å². The van der Waals surface area contributed by atoms with Crippen molar-refractivity contribution >= 4 is 8.80 Å². The molecule has 0 aliphatic carbocycles. The second-order valence-corrected chi connectivity index (χ2v) is 10.4. The molecule has 0 amide bonds. The first-order valence-electron chi connectivity index (χ1n) is 9.98. The van der Waals surface area contributed by atoms with E-state index in [1.807, 2.05) is 6.07 Å². The Kier molecular flexibility index (Phi) is 6.90. The Morgan fingerprint density at radius 3 is 2.38 bits per heavy atom. The van der Waals surface area contributed by atoms with E-state index in [0.717, 1.165) is 5.56 Å². The molecule has 0 N–H and O–H groups in total. The fourth-order valence-corrected chi connectivity index (χ4v) is 7.04. The summed E-state index contributed by atoms with van der Waals surface area (Å²) in [5.74, 6) is 1.03. The van der Waals surface area contributed by atoms with Crippen LogP contribution in [-0.4, -0.2) is 15.9 Å². The average Bonchev–Trinajstić information content (AvgIpc) is 2.69. The van der Waals surface area contributed by atoms with Crippen LogP contribution in [0.5, 0.6) is 5.75 Å². The summed E-state index contributed by atoms with van der Waals surface area (Å²) in [7, 11) is 1.48. The molecule has 1 aliphatic rings. The summed E-state index contributed by atoms with van der Waals surface area (Å²) in [6, 6.07) is 18.1. The molecule has 3 rings (SSSR count). The summed E-state index contributed by atoms with van der Waals surface area (Å²) >= 11 is 0. The van der Waals surface area contributed by atoms with E-state index in [0.29, 0.717) is 17.2 Å². The molecule has 1 saturated heterocycles. The van der Waals surface area contributed by atoms with Crippen molar-refractivity contribution < 1.29 is 9.13 Å². The third-order valence-corrected chi connectivity index (χ3v) is 8.75. The molecule has 3 heteroatoms. The second kappa shape index (κ2) is 9.36. The highest BCUT2D eigenvalue weighted by Gasteiger charge is 2.23. The first kappa shape index (κ1) is 19.2. The van der Waals surface area contributed by atoms with Crippen LogP contribution in [0.3, 0.4) is 0 Å². The Balaban J connectivity index is 1.60. The number of methoxy groups -OCH3 is 1. The van der Waals surface area contributed by atoms with Crippen molar-refractivity contribution in [1.29, 1.82) is 0 Å². The molecule has 0 bridgehead atoms. The predicted molar refractivity (Wildman–Crippen MR) is 110 cm³/mol. The van der Waals surface area contributed by atoms with E-state index in [4.69, 9.17) is 4.74 Å². The third-order valence-electron chi connectivity index (χ3n) is 5.70. The van der Waals surface area contributed by atoms with Gasteiger partial charge >= 0.3 is 0 Å². The number of ether oxygens (including phenoxy) is 1. The Hall–Kier alpha value is -1.61. The van der Waals surface area contributed by atoms with Crippen molar-refractivity contribution in [3.8, 4) is 16.9 Å². The maximum atomic E-state index is 14.3. The lowest BCUT2D eigenvalue weighted by molar-refractivity contribution is 0.411. The molecule has 26 heavy (non-hydrogen) atoms. The number of halogens is 1. The summed E-state index contributed by atoms with van der Waals surface area (Å²) in [5.41, 5.74) is 3.01. The number of benzene rings is 2. The highest BCUT2D eigenvalue weighted by molar-refractivity contribution is 6.59. The van der Waals surface area contributed by atoms with E-state index in [1.54, 1.807) is 13.2 Å². The van der Waals surface area contributed by atoms with Gasteiger partial charge in [0.2, 0.25) is 0 Å². The van der Waals surface area contributed by atoms with E-state index in [2.05, 4.69) is 31.2 Å². The SMILES string of the molecule is CCCCC[Si]1CCC(c2ccc(-c3ccc(OC)cc3F)cc2)CC1. The number of hydrogen-bond acceptors (Lipinski definition) is 1. The molecule has 0 spiro atoms. The highest BCUT2D eigenvalue weighted by atomic mass is 28.3. The Morgan fingerprint density at radius 1 is 1.04 bits per heavy atom. The van der Waals surface area contributed by atoms with Gasteiger partial charge in [0.05, 0.1) is 7.11 Å². The molecule has 0 saturated carbocycles. The van der Waals surface area contributed by atoms with Crippen molar-refractivity contribution in [3.63, 3.8) is 0 Å². The van der Waals surface area contributed by atoms with Gasteiger partial charge in [-0.05, 0) is 42.0 Å². The quantitative estimate of drug-likeness (QED) is 0.375. The van der Waals surface area contributed by atoms with Crippen LogP contribution in [0.1, 0.15) is 50.5 Å². The van der Waals surface area contributed by atoms with Gasteiger partial charge in [0.15, 0.2) is 0 Å². The lowest BCUT2D eigenvalue weighted by Gasteiger charge is -2.28. The van der Waals surface area contributed by atoms with E-state index in [9.17, 15) is 4.39 Å². The molecule has 2 aromatic carbocycles. The maximum absolute atomic E-state index is 14.3. The molecule has 1 heterocycles. The van der Waals surface area contributed by atoms with Crippen LogP contribution < -0.4 is 4.74 Å². The topological polar surface area (TPSA) is 9.23 Å². The van der Waals surface area contributed by atoms with Crippen LogP contribution >= 0.6 is 0 Å². The Labute approximate surface area is 159 Å². The van der Waals surface area contributed by atoms with Gasteiger partial charge in [-0.25, -0.2) is 4.39 Å². The minimum atomic E-state index is -0.228. The average molecular weight is 370 g/mol. The lowest BCUT2D eigenvalue weighted by atomic mass is 9.92. The highest BCUT2D eigenvalue weighted by Crippen LogP contribution is 2.36. The van der Waals surface area contributed by atoms with Gasteiger partial charge in [-0.15, -0.1) is 0 Å². The molecule has 0 atom stereocenters. The minimum absolute atomic E-state index is 0.0842. The third kappa shape index (κ3) is 4.76. The van der Waals surface area contributed by atoms with Gasteiger partial charge in [-0.3, -0.25) is 0 Å². The Morgan fingerprint density at radius 2 is 1.77 bits per heavy atom. The summed E-state index contributed by atoms with van der Waals surface area (Å²) < 4.78 is 19.4. The number of unbranched alkanes of at least 4 members (excludes halogenated alkanes) is 2. The molecule has 1 aliphatic heterocycles. The van der Waals surface area contributed by atoms with Crippen molar-refractivity contribution in [2.75, 3.05) is 7.11 Å². The first-order chi connectivity index (χ1) is 12.7. The summed E-state index contributed by atoms with van der Waals surface area (Å²) in [6.45, 7) is 2.29. The van der Waals surface area contributed by atoms with Crippen molar-refractivity contribution in [3.05, 3.63) is 53.8 Å². The van der Waals surface area contributed by atoms with E-state index in [-0.39, 0.29) is 14.6 Å². The fraction of sp³-hybridized carbons (Fsp3) is 0.478. The summed E-state index contributed by atoms with van der Waals surface area (Å²) in [4.78, 5) is 0. The van der Waals surface area contributed by atoms with Crippen molar-refractivity contribution in [2.45, 2.75) is 63.1 Å². The molecule has 1 radical (unpaired) electrons. The molecule has 0 unspecified atom stereocenters. The van der Waals surface area contributed by atoms with Gasteiger partial charge in [0.25, 0.3) is 0 Å². The van der Waals surface area contributed by atoms with Gasteiger partial charge < -0.3 is 4.74 Å². The molecule has 139 valence electrons. The van der Waals surface area contributed by atoms with Gasteiger partial charge in [0, 0.05) is 20.4 Å². The lowest BCUT2D eigenvalue weighted by Crippen LogP contribution is -2.20. The van der Waals surface area contributed by atoms with E-state index < -0.39 is 0 Å². The first-order valence-corrected chi connectivity index (χ1v) is 12.1. The second-order valence-electron chi connectivity index (χ2n) is 7.45. The smallest absolute Gasteiger partial charge is 0.134 e. The zero-order valence-corrected chi connectivity index (χ0v) is 17.1. The molecule has 1 fully saturated rings. The van der Waals surface area contributed by atoms with E-state index in [1.165, 1.54) is 61.9 Å². The molecular formula is C23H30FOSi. The maximum Gasteiger partial charge on any atom is 0.134 e. The van der Waals surface area contributed by atoms with Crippen molar-refractivity contribution in [2.24, 2.45) is 0 Å². The molecule has 2 aromatic rings. The number of rotatable bonds is 7. The normalized spacial score (nSPS) is 16.0. The van der Waals surface area contributed by atoms with Crippen LogP contribution in [-0.2, 0) is 0 Å². The summed E-state index contributed by atoms with van der Waals surface area (Å²) in [6.07, 6.45) is 6.87. The Bertz CT molecular complexity index is 690. The molecular weight excluding hydrogens is 339 g/mol. The monoisotopic (exact) mass is 369 g/mol. The van der Waals surface area contributed by atoms with Crippen LogP contribution in [0.2, 0.25) is 18.1 Å². The standard InChI is InChI=1S/C23H30FOSi/c1-3-4-5-14-26-15-12-19(13-16-26)18-6-8-20(9-7-18)22-11-10-21(25-2)17-23(22)24/h6-11,17,19H,3-5,12-16H2,1-2H3. The zero-order chi connectivity index (χ0) is 18.4. The predicted octanol–water partition coefficient (Wildman–Crippen LogP) is 7.06. The molecule has 1 nitrogen and oxygen atoms in total.